The van der Waals surface area contributed by atoms with Gasteiger partial charge in [-0.1, -0.05) is 51.4 Å². The Kier molecular flexibility index (Phi) is 3.92. The molecule has 0 radical (unpaired) electrons. The topological polar surface area (TPSA) is 80.9 Å². The van der Waals surface area contributed by atoms with Crippen LogP contribution >= 0.6 is 11.3 Å². The number of amides is 1. The van der Waals surface area contributed by atoms with E-state index >= 15 is 0 Å². The molecule has 0 aromatic carbocycles. The van der Waals surface area contributed by atoms with Gasteiger partial charge < -0.3 is 5.73 Å². The number of aromatic nitrogens is 2. The second-order valence-corrected chi connectivity index (χ2v) is 7.31. The molecule has 6 heteroatoms. The van der Waals surface area contributed by atoms with Gasteiger partial charge in [0.1, 0.15) is 5.01 Å². The third-order valence-corrected chi connectivity index (χ3v) is 4.75. The van der Waals surface area contributed by atoms with Crippen molar-refractivity contribution in [2.75, 3.05) is 5.32 Å². The summed E-state index contributed by atoms with van der Waals surface area (Å²) in [6.07, 6.45) is 4.72. The molecule has 106 valence electrons. The van der Waals surface area contributed by atoms with Crippen LogP contribution in [-0.4, -0.2) is 21.6 Å². The average Bonchev–Trinajstić information content (AvgIpc) is 2.78. The summed E-state index contributed by atoms with van der Waals surface area (Å²) in [5.74, 6) is -0.121. The van der Waals surface area contributed by atoms with E-state index in [4.69, 9.17) is 5.73 Å². The maximum absolute atomic E-state index is 12.3. The number of nitrogens with zero attached hydrogens (tertiary/aromatic N) is 2. The Balaban J connectivity index is 2.04. The minimum Gasteiger partial charge on any atom is -0.317 e. The van der Waals surface area contributed by atoms with E-state index in [0.717, 1.165) is 30.7 Å². The van der Waals surface area contributed by atoms with Crippen LogP contribution in [0.3, 0.4) is 0 Å². The van der Waals surface area contributed by atoms with Crippen molar-refractivity contribution < 1.29 is 4.79 Å². The van der Waals surface area contributed by atoms with E-state index in [1.54, 1.807) is 0 Å². The molecule has 1 fully saturated rings. The van der Waals surface area contributed by atoms with Gasteiger partial charge in [-0.2, -0.15) is 0 Å². The molecule has 19 heavy (non-hydrogen) atoms. The van der Waals surface area contributed by atoms with Gasteiger partial charge in [0, 0.05) is 5.41 Å². The van der Waals surface area contributed by atoms with E-state index in [0.29, 0.717) is 5.13 Å². The number of nitrogens with two attached hydrogens (primary N) is 1. The smallest absolute Gasteiger partial charge is 0.246 e. The molecule has 0 aliphatic heterocycles. The van der Waals surface area contributed by atoms with Crippen LogP contribution in [0.5, 0.6) is 0 Å². The highest BCUT2D eigenvalue weighted by molar-refractivity contribution is 7.15. The van der Waals surface area contributed by atoms with Gasteiger partial charge in [-0.3, -0.25) is 10.1 Å². The van der Waals surface area contributed by atoms with Crippen molar-refractivity contribution in [1.29, 1.82) is 0 Å². The Morgan fingerprint density at radius 3 is 2.42 bits per heavy atom. The fourth-order valence-corrected chi connectivity index (χ4v) is 3.00. The van der Waals surface area contributed by atoms with Crippen LogP contribution in [0.4, 0.5) is 5.13 Å². The van der Waals surface area contributed by atoms with Crippen LogP contribution < -0.4 is 11.1 Å². The Morgan fingerprint density at radius 2 is 1.89 bits per heavy atom. The third-order valence-electron chi connectivity index (χ3n) is 3.49. The van der Waals surface area contributed by atoms with Crippen LogP contribution in [0.2, 0.25) is 0 Å². The lowest BCUT2D eigenvalue weighted by molar-refractivity contribution is -0.122. The number of rotatable bonds is 2. The third kappa shape index (κ3) is 3.30. The summed E-state index contributed by atoms with van der Waals surface area (Å²) in [7, 11) is 0. The van der Waals surface area contributed by atoms with Crippen molar-refractivity contribution in [2.24, 2.45) is 5.73 Å². The fourth-order valence-electron chi connectivity index (χ4n) is 2.21. The zero-order chi connectivity index (χ0) is 14.1. The second kappa shape index (κ2) is 5.17. The van der Waals surface area contributed by atoms with Crippen molar-refractivity contribution in [2.45, 2.75) is 63.8 Å². The highest BCUT2D eigenvalue weighted by Gasteiger charge is 2.35. The number of nitrogens with one attached hydrogen (secondary N) is 1. The largest absolute Gasteiger partial charge is 0.317 e. The summed E-state index contributed by atoms with van der Waals surface area (Å²) < 4.78 is 0. The minimum absolute atomic E-state index is 0.0497. The Bertz CT molecular complexity index is 457. The van der Waals surface area contributed by atoms with Gasteiger partial charge in [0.15, 0.2) is 0 Å². The molecule has 1 aliphatic rings. The fraction of sp³-hybridized carbons (Fsp3) is 0.769. The summed E-state index contributed by atoms with van der Waals surface area (Å²) in [6.45, 7) is 6.22. The van der Waals surface area contributed by atoms with E-state index in [-0.39, 0.29) is 11.3 Å². The molecule has 0 atom stereocenters. The molecule has 1 aromatic heterocycles. The number of hydrogen-bond acceptors (Lipinski definition) is 5. The quantitative estimate of drug-likeness (QED) is 0.873. The number of anilines is 1. The molecular formula is C13H22N4OS. The minimum atomic E-state index is -0.730. The van der Waals surface area contributed by atoms with Crippen LogP contribution in [0.15, 0.2) is 0 Å². The first-order chi connectivity index (χ1) is 8.81. The molecule has 0 unspecified atom stereocenters. The van der Waals surface area contributed by atoms with E-state index in [2.05, 4.69) is 36.3 Å². The van der Waals surface area contributed by atoms with E-state index in [1.807, 2.05) is 0 Å². The van der Waals surface area contributed by atoms with E-state index in [1.165, 1.54) is 17.8 Å². The lowest BCUT2D eigenvalue weighted by Crippen LogP contribution is -2.52. The average molecular weight is 282 g/mol. The predicted octanol–water partition coefficient (Wildman–Crippen LogP) is 2.44. The van der Waals surface area contributed by atoms with Gasteiger partial charge in [-0.15, -0.1) is 10.2 Å². The maximum Gasteiger partial charge on any atom is 0.246 e. The van der Waals surface area contributed by atoms with Crippen molar-refractivity contribution in [3.8, 4) is 0 Å². The van der Waals surface area contributed by atoms with Gasteiger partial charge in [-0.25, -0.2) is 0 Å². The normalized spacial score (nSPS) is 19.2. The Hall–Kier alpha value is -1.01. The first kappa shape index (κ1) is 14.4. The monoisotopic (exact) mass is 282 g/mol. The summed E-state index contributed by atoms with van der Waals surface area (Å²) in [5, 5.41) is 12.4. The molecule has 2 rings (SSSR count). The van der Waals surface area contributed by atoms with Gasteiger partial charge in [-0.05, 0) is 12.8 Å². The van der Waals surface area contributed by atoms with Crippen molar-refractivity contribution >= 4 is 22.4 Å². The van der Waals surface area contributed by atoms with E-state index in [9.17, 15) is 4.79 Å². The molecule has 0 saturated heterocycles. The predicted molar refractivity (Wildman–Crippen MR) is 77.2 cm³/mol. The highest BCUT2D eigenvalue weighted by atomic mass is 32.1. The zero-order valence-corrected chi connectivity index (χ0v) is 12.6. The van der Waals surface area contributed by atoms with Gasteiger partial charge in [0.05, 0.1) is 5.54 Å². The van der Waals surface area contributed by atoms with Crippen molar-refractivity contribution in [1.82, 2.24) is 10.2 Å². The molecule has 1 aromatic rings. The number of carbonyl (C=O) groups is 1. The van der Waals surface area contributed by atoms with Gasteiger partial charge in [0.2, 0.25) is 11.0 Å². The first-order valence-electron chi connectivity index (χ1n) is 6.76. The highest BCUT2D eigenvalue weighted by Crippen LogP contribution is 2.30. The van der Waals surface area contributed by atoms with Gasteiger partial charge >= 0.3 is 0 Å². The molecule has 1 amide bonds. The molecule has 3 N–H and O–H groups in total. The Labute approximate surface area is 118 Å². The summed E-state index contributed by atoms with van der Waals surface area (Å²) in [6, 6.07) is 0. The van der Waals surface area contributed by atoms with Crippen LogP contribution in [0, 0.1) is 0 Å². The molecule has 5 nitrogen and oxygen atoms in total. The molecule has 1 heterocycles. The van der Waals surface area contributed by atoms with Crippen LogP contribution in [0.1, 0.15) is 57.9 Å². The summed E-state index contributed by atoms with van der Waals surface area (Å²) in [4.78, 5) is 12.3. The van der Waals surface area contributed by atoms with E-state index < -0.39 is 5.54 Å². The molecule has 0 bridgehead atoms. The Morgan fingerprint density at radius 1 is 1.26 bits per heavy atom. The number of hydrogen-bond donors (Lipinski definition) is 2. The SMILES string of the molecule is CC(C)(C)c1nnc(NC(=O)C2(N)CCCCC2)s1. The first-order valence-corrected chi connectivity index (χ1v) is 7.57. The summed E-state index contributed by atoms with van der Waals surface area (Å²) in [5.41, 5.74) is 5.41. The lowest BCUT2D eigenvalue weighted by Gasteiger charge is -2.31. The van der Waals surface area contributed by atoms with Gasteiger partial charge in [0.25, 0.3) is 0 Å². The lowest BCUT2D eigenvalue weighted by atomic mass is 9.82. The zero-order valence-electron chi connectivity index (χ0n) is 11.8. The van der Waals surface area contributed by atoms with Crippen molar-refractivity contribution in [3.05, 3.63) is 5.01 Å². The standard InChI is InChI=1S/C13H22N4OS/c1-12(2,3)10-16-17-11(19-10)15-9(18)13(14)7-5-4-6-8-13/h4-8,14H2,1-3H3,(H,15,17,18). The number of carbonyl (C=O) groups excluding carboxylic acids is 1. The maximum atomic E-state index is 12.3. The molecule has 1 aliphatic carbocycles. The van der Waals surface area contributed by atoms with Crippen LogP contribution in [-0.2, 0) is 10.2 Å². The van der Waals surface area contributed by atoms with Crippen LogP contribution in [0.25, 0.3) is 0 Å². The second-order valence-electron chi connectivity index (χ2n) is 6.33. The summed E-state index contributed by atoms with van der Waals surface area (Å²) >= 11 is 1.42. The molecule has 0 spiro atoms. The molecular weight excluding hydrogens is 260 g/mol. The van der Waals surface area contributed by atoms with Crippen molar-refractivity contribution in [3.63, 3.8) is 0 Å². The molecule has 1 saturated carbocycles.